The molecule has 18 heavy (non-hydrogen) atoms. The van der Waals surface area contributed by atoms with Crippen molar-refractivity contribution in [2.75, 3.05) is 6.61 Å². The summed E-state index contributed by atoms with van der Waals surface area (Å²) >= 11 is 0. The molecule has 2 heterocycles. The number of nitrogens with zero attached hydrogens (tertiary/aromatic N) is 2. The lowest BCUT2D eigenvalue weighted by atomic mass is 10.1. The SMILES string of the molecule is Cc1cc(C(=O)O)cc2c1ncn2CC1CCO1. The summed E-state index contributed by atoms with van der Waals surface area (Å²) in [4.78, 5) is 15.4. The van der Waals surface area contributed by atoms with Crippen LogP contribution >= 0.6 is 0 Å². The van der Waals surface area contributed by atoms with Gasteiger partial charge in [-0.3, -0.25) is 0 Å². The summed E-state index contributed by atoms with van der Waals surface area (Å²) in [6.07, 6.45) is 3.04. The summed E-state index contributed by atoms with van der Waals surface area (Å²) in [5.41, 5.74) is 2.91. The third-order valence-corrected chi connectivity index (χ3v) is 3.36. The standard InChI is InChI=1S/C13H14N2O3/c1-8-4-9(13(16)17)5-11-12(8)14-7-15(11)6-10-2-3-18-10/h4-5,7,10H,2-3,6H2,1H3,(H,16,17). The number of aryl methyl sites for hydroxylation is 1. The maximum absolute atomic E-state index is 11.1. The number of carboxylic acids is 1. The van der Waals surface area contributed by atoms with Crippen LogP contribution in [0.25, 0.3) is 11.0 Å². The second kappa shape index (κ2) is 4.10. The zero-order valence-electron chi connectivity index (χ0n) is 10.1. The van der Waals surface area contributed by atoms with Crippen molar-refractivity contribution in [3.8, 4) is 0 Å². The fourth-order valence-corrected chi connectivity index (χ4v) is 2.25. The van der Waals surface area contributed by atoms with Crippen molar-refractivity contribution in [2.24, 2.45) is 0 Å². The van der Waals surface area contributed by atoms with Gasteiger partial charge < -0.3 is 14.4 Å². The molecule has 0 spiro atoms. The normalized spacial score (nSPS) is 18.8. The average Bonchev–Trinajstić information content (AvgIpc) is 2.67. The van der Waals surface area contributed by atoms with Crippen molar-refractivity contribution in [1.82, 2.24) is 9.55 Å². The molecule has 1 aliphatic rings. The van der Waals surface area contributed by atoms with E-state index >= 15 is 0 Å². The molecule has 1 aromatic heterocycles. The molecule has 0 saturated carbocycles. The number of rotatable bonds is 3. The van der Waals surface area contributed by atoms with E-state index in [-0.39, 0.29) is 6.10 Å². The molecular formula is C13H14N2O3. The monoisotopic (exact) mass is 246 g/mol. The van der Waals surface area contributed by atoms with Crippen molar-refractivity contribution in [1.29, 1.82) is 0 Å². The number of fused-ring (bicyclic) bond motifs is 1. The molecule has 1 aliphatic heterocycles. The Morgan fingerprint density at radius 2 is 2.39 bits per heavy atom. The Bertz CT molecular complexity index is 614. The van der Waals surface area contributed by atoms with Crippen molar-refractivity contribution in [3.63, 3.8) is 0 Å². The molecule has 0 aliphatic carbocycles. The Morgan fingerprint density at radius 1 is 1.61 bits per heavy atom. The maximum Gasteiger partial charge on any atom is 0.335 e. The predicted molar refractivity (Wildman–Crippen MR) is 65.8 cm³/mol. The van der Waals surface area contributed by atoms with Gasteiger partial charge in [-0.15, -0.1) is 0 Å². The highest BCUT2D eigenvalue weighted by Gasteiger charge is 2.20. The predicted octanol–water partition coefficient (Wildman–Crippen LogP) is 1.83. The number of hydrogen-bond donors (Lipinski definition) is 1. The third-order valence-electron chi connectivity index (χ3n) is 3.36. The minimum atomic E-state index is -0.910. The lowest BCUT2D eigenvalue weighted by Crippen LogP contribution is -2.30. The van der Waals surface area contributed by atoms with E-state index in [1.165, 1.54) is 0 Å². The van der Waals surface area contributed by atoms with Gasteiger partial charge in [0.2, 0.25) is 0 Å². The van der Waals surface area contributed by atoms with Crippen LogP contribution in [0.4, 0.5) is 0 Å². The van der Waals surface area contributed by atoms with E-state index < -0.39 is 5.97 Å². The van der Waals surface area contributed by atoms with Crippen LogP contribution in [0.3, 0.4) is 0 Å². The van der Waals surface area contributed by atoms with Crippen LogP contribution in [0.2, 0.25) is 0 Å². The highest BCUT2D eigenvalue weighted by atomic mass is 16.5. The molecule has 1 aromatic carbocycles. The summed E-state index contributed by atoms with van der Waals surface area (Å²) in [5, 5.41) is 9.08. The molecule has 1 unspecified atom stereocenters. The van der Waals surface area contributed by atoms with Crippen LogP contribution in [-0.4, -0.2) is 33.3 Å². The van der Waals surface area contributed by atoms with E-state index in [9.17, 15) is 4.79 Å². The molecule has 2 aromatic rings. The summed E-state index contributed by atoms with van der Waals surface area (Å²) < 4.78 is 7.37. The topological polar surface area (TPSA) is 64.3 Å². The summed E-state index contributed by atoms with van der Waals surface area (Å²) in [7, 11) is 0. The number of carbonyl (C=O) groups is 1. The van der Waals surface area contributed by atoms with Gasteiger partial charge in [-0.05, 0) is 31.0 Å². The van der Waals surface area contributed by atoms with E-state index in [1.54, 1.807) is 18.5 Å². The molecule has 1 fully saturated rings. The van der Waals surface area contributed by atoms with Gasteiger partial charge in [0.05, 0.1) is 35.6 Å². The number of benzene rings is 1. The van der Waals surface area contributed by atoms with Gasteiger partial charge in [-0.2, -0.15) is 0 Å². The van der Waals surface area contributed by atoms with Crippen LogP contribution in [-0.2, 0) is 11.3 Å². The quantitative estimate of drug-likeness (QED) is 0.897. The van der Waals surface area contributed by atoms with Gasteiger partial charge in [0, 0.05) is 6.61 Å². The first kappa shape index (κ1) is 11.2. The molecule has 0 radical (unpaired) electrons. The Kier molecular flexibility index (Phi) is 2.56. The number of aromatic nitrogens is 2. The molecule has 1 atom stereocenters. The Morgan fingerprint density at radius 3 is 3.00 bits per heavy atom. The minimum Gasteiger partial charge on any atom is -0.478 e. The Balaban J connectivity index is 2.06. The van der Waals surface area contributed by atoms with Gasteiger partial charge in [0.25, 0.3) is 0 Å². The van der Waals surface area contributed by atoms with Gasteiger partial charge >= 0.3 is 5.97 Å². The lowest BCUT2D eigenvalue weighted by molar-refractivity contribution is -0.0586. The molecule has 1 saturated heterocycles. The van der Waals surface area contributed by atoms with E-state index in [1.807, 2.05) is 11.5 Å². The highest BCUT2D eigenvalue weighted by Crippen LogP contribution is 2.22. The summed E-state index contributed by atoms with van der Waals surface area (Å²) in [5.74, 6) is -0.910. The van der Waals surface area contributed by atoms with Gasteiger partial charge in [-0.1, -0.05) is 0 Å². The van der Waals surface area contributed by atoms with Crippen molar-refractivity contribution in [2.45, 2.75) is 26.0 Å². The van der Waals surface area contributed by atoms with Crippen LogP contribution in [0, 0.1) is 6.92 Å². The summed E-state index contributed by atoms with van der Waals surface area (Å²) in [6, 6.07) is 3.33. The molecule has 0 amide bonds. The zero-order chi connectivity index (χ0) is 12.7. The van der Waals surface area contributed by atoms with Crippen molar-refractivity contribution < 1.29 is 14.6 Å². The van der Waals surface area contributed by atoms with Gasteiger partial charge in [0.1, 0.15) is 0 Å². The van der Waals surface area contributed by atoms with E-state index in [2.05, 4.69) is 4.98 Å². The lowest BCUT2D eigenvalue weighted by Gasteiger charge is -2.26. The van der Waals surface area contributed by atoms with Gasteiger partial charge in [0.15, 0.2) is 0 Å². The molecule has 0 bridgehead atoms. The first-order valence-electron chi connectivity index (χ1n) is 5.95. The maximum atomic E-state index is 11.1. The number of ether oxygens (including phenoxy) is 1. The van der Waals surface area contributed by atoms with Crippen LogP contribution in [0.1, 0.15) is 22.3 Å². The molecule has 3 rings (SSSR count). The smallest absolute Gasteiger partial charge is 0.335 e. The number of carboxylic acid groups (broad SMARTS) is 1. The van der Waals surface area contributed by atoms with Crippen molar-refractivity contribution >= 4 is 17.0 Å². The van der Waals surface area contributed by atoms with E-state index in [0.717, 1.165) is 36.2 Å². The molecule has 5 nitrogen and oxygen atoms in total. The molecule has 1 N–H and O–H groups in total. The van der Waals surface area contributed by atoms with E-state index in [4.69, 9.17) is 9.84 Å². The molecule has 94 valence electrons. The van der Waals surface area contributed by atoms with Crippen molar-refractivity contribution in [3.05, 3.63) is 29.6 Å². The molecular weight excluding hydrogens is 232 g/mol. The largest absolute Gasteiger partial charge is 0.478 e. The summed E-state index contributed by atoms with van der Waals surface area (Å²) in [6.45, 7) is 3.43. The number of aromatic carboxylic acids is 1. The highest BCUT2D eigenvalue weighted by molar-refractivity contribution is 5.93. The van der Waals surface area contributed by atoms with Gasteiger partial charge in [-0.25, -0.2) is 9.78 Å². The Labute approximate surface area is 104 Å². The fraction of sp³-hybridized carbons (Fsp3) is 0.385. The van der Waals surface area contributed by atoms with Crippen LogP contribution < -0.4 is 0 Å². The first-order valence-corrected chi connectivity index (χ1v) is 5.95. The Hall–Kier alpha value is -1.88. The number of hydrogen-bond acceptors (Lipinski definition) is 3. The average molecular weight is 246 g/mol. The second-order valence-electron chi connectivity index (χ2n) is 4.64. The minimum absolute atomic E-state index is 0.233. The van der Waals surface area contributed by atoms with Crippen LogP contribution in [0.5, 0.6) is 0 Å². The third kappa shape index (κ3) is 1.76. The molecule has 5 heteroatoms. The zero-order valence-corrected chi connectivity index (χ0v) is 10.1. The number of imidazole rings is 1. The fourth-order valence-electron chi connectivity index (χ4n) is 2.25. The van der Waals surface area contributed by atoms with E-state index in [0.29, 0.717) is 5.56 Å². The van der Waals surface area contributed by atoms with Crippen LogP contribution in [0.15, 0.2) is 18.5 Å². The second-order valence-corrected chi connectivity index (χ2v) is 4.64. The first-order chi connectivity index (χ1) is 8.65.